The fourth-order valence-electron chi connectivity index (χ4n) is 3.38. The van der Waals surface area contributed by atoms with Gasteiger partial charge in [-0.25, -0.2) is 5.84 Å². The third-order valence-corrected chi connectivity index (χ3v) is 4.15. The number of hydrogen-bond donors (Lipinski definition) is 2. The Hall–Kier alpha value is -1.85. The Morgan fingerprint density at radius 1 is 1.33 bits per heavy atom. The number of fused-ring (bicyclic) bond motifs is 3. The maximum Gasteiger partial charge on any atom is 0.241 e. The third-order valence-electron chi connectivity index (χ3n) is 4.15. The number of aryl methyl sites for hydroxylation is 1. The second kappa shape index (κ2) is 10.1. The largest absolute Gasteiger partial charge is 0.388 e. The lowest BCUT2D eigenvalue weighted by atomic mass is 9.84. The van der Waals surface area contributed by atoms with Gasteiger partial charge in [-0.2, -0.15) is 0 Å². The van der Waals surface area contributed by atoms with Gasteiger partial charge in [0.2, 0.25) is 5.91 Å². The lowest BCUT2D eigenvalue weighted by Gasteiger charge is -2.22. The van der Waals surface area contributed by atoms with Gasteiger partial charge in [-0.15, -0.1) is 0 Å². The maximum absolute atomic E-state index is 12.0. The number of nitrogens with zero attached hydrogens (tertiary/aromatic N) is 1. The van der Waals surface area contributed by atoms with E-state index in [2.05, 4.69) is 39.9 Å². The topological polar surface area (TPSA) is 69.3 Å². The lowest BCUT2D eigenvalue weighted by Crippen LogP contribution is -2.36. The highest BCUT2D eigenvalue weighted by atomic mass is 16.4. The fourth-order valence-corrected chi connectivity index (χ4v) is 3.38. The zero-order valence-corrected chi connectivity index (χ0v) is 15.6. The third kappa shape index (κ3) is 3.97. The van der Waals surface area contributed by atoms with Gasteiger partial charge in [-0.1, -0.05) is 32.0 Å². The SMILES string of the molecule is CC.CCn1c2c(c3ccccc31)C(C(=O)NN)CCC2.COC. The molecular formula is C19H31N3O2. The predicted molar refractivity (Wildman–Crippen MR) is 99.9 cm³/mol. The van der Waals surface area contributed by atoms with E-state index < -0.39 is 0 Å². The van der Waals surface area contributed by atoms with E-state index >= 15 is 0 Å². The van der Waals surface area contributed by atoms with E-state index in [0.717, 1.165) is 25.8 Å². The molecule has 24 heavy (non-hydrogen) atoms. The number of para-hydroxylation sites is 1. The lowest BCUT2D eigenvalue weighted by molar-refractivity contribution is -0.122. The standard InChI is InChI=1S/C15H19N3O.C2H6O.C2H6/c1-2-18-12-8-4-3-6-10(12)14-11(15(19)17-16)7-5-9-13(14)18;1-3-2;1-2/h3-4,6,8,11H,2,5,7,9,16H2,1H3,(H,17,19);1-2H3;1-2H3. The Labute approximate surface area is 145 Å². The quantitative estimate of drug-likeness (QED) is 0.503. The van der Waals surface area contributed by atoms with Crippen molar-refractivity contribution in [1.29, 1.82) is 0 Å². The van der Waals surface area contributed by atoms with Crippen molar-refractivity contribution in [3.63, 3.8) is 0 Å². The van der Waals surface area contributed by atoms with Crippen LogP contribution in [-0.2, 0) is 22.5 Å². The number of hydrogen-bond acceptors (Lipinski definition) is 3. The van der Waals surface area contributed by atoms with E-state index in [0.29, 0.717) is 0 Å². The minimum absolute atomic E-state index is 0.0695. The number of nitrogens with one attached hydrogen (secondary N) is 1. The van der Waals surface area contributed by atoms with Gasteiger partial charge in [0.15, 0.2) is 0 Å². The molecule has 1 aromatic carbocycles. The summed E-state index contributed by atoms with van der Waals surface area (Å²) in [5.41, 5.74) is 6.04. The second-order valence-corrected chi connectivity index (χ2v) is 5.48. The number of aromatic nitrogens is 1. The van der Waals surface area contributed by atoms with Gasteiger partial charge < -0.3 is 9.30 Å². The van der Waals surface area contributed by atoms with E-state index in [1.54, 1.807) is 14.2 Å². The van der Waals surface area contributed by atoms with Crippen molar-refractivity contribution in [2.45, 2.75) is 52.5 Å². The summed E-state index contributed by atoms with van der Waals surface area (Å²) >= 11 is 0. The number of benzene rings is 1. The molecular weight excluding hydrogens is 302 g/mol. The van der Waals surface area contributed by atoms with Crippen LogP contribution in [0.4, 0.5) is 0 Å². The number of hydrazine groups is 1. The van der Waals surface area contributed by atoms with Crippen LogP contribution in [0.15, 0.2) is 24.3 Å². The number of rotatable bonds is 2. The molecule has 1 aromatic heterocycles. The molecule has 1 amide bonds. The van der Waals surface area contributed by atoms with Gasteiger partial charge in [0, 0.05) is 37.4 Å². The number of ether oxygens (including phenoxy) is 1. The van der Waals surface area contributed by atoms with Crippen LogP contribution in [-0.4, -0.2) is 24.7 Å². The average Bonchev–Trinajstić information content (AvgIpc) is 2.97. The Balaban J connectivity index is 0.000000521. The molecule has 134 valence electrons. The predicted octanol–water partition coefficient (Wildman–Crippen LogP) is 3.36. The van der Waals surface area contributed by atoms with Crippen molar-refractivity contribution in [3.8, 4) is 0 Å². The van der Waals surface area contributed by atoms with E-state index in [4.69, 9.17) is 5.84 Å². The van der Waals surface area contributed by atoms with Crippen LogP contribution < -0.4 is 11.3 Å². The second-order valence-electron chi connectivity index (χ2n) is 5.48. The summed E-state index contributed by atoms with van der Waals surface area (Å²) in [6.45, 7) is 7.09. The van der Waals surface area contributed by atoms with Crippen molar-refractivity contribution in [2.24, 2.45) is 5.84 Å². The molecule has 0 bridgehead atoms. The molecule has 1 aliphatic carbocycles. The number of carbonyl (C=O) groups excluding carboxylic acids is 1. The van der Waals surface area contributed by atoms with Crippen LogP contribution in [0.2, 0.25) is 0 Å². The first-order valence-corrected chi connectivity index (χ1v) is 8.70. The zero-order chi connectivity index (χ0) is 18.1. The minimum Gasteiger partial charge on any atom is -0.388 e. The monoisotopic (exact) mass is 333 g/mol. The molecule has 0 saturated heterocycles. The van der Waals surface area contributed by atoms with Crippen LogP contribution in [0.1, 0.15) is 50.8 Å². The molecule has 0 spiro atoms. The summed E-state index contributed by atoms with van der Waals surface area (Å²) in [4.78, 5) is 12.0. The molecule has 0 radical (unpaired) electrons. The molecule has 3 rings (SSSR count). The first kappa shape index (κ1) is 20.2. The average molecular weight is 333 g/mol. The molecule has 3 N–H and O–H groups in total. The zero-order valence-electron chi connectivity index (χ0n) is 15.6. The molecule has 1 heterocycles. The van der Waals surface area contributed by atoms with Crippen molar-refractivity contribution < 1.29 is 9.53 Å². The van der Waals surface area contributed by atoms with Crippen molar-refractivity contribution in [2.75, 3.05) is 14.2 Å². The van der Waals surface area contributed by atoms with E-state index in [1.165, 1.54) is 22.2 Å². The highest BCUT2D eigenvalue weighted by Gasteiger charge is 2.31. The van der Waals surface area contributed by atoms with Crippen LogP contribution >= 0.6 is 0 Å². The summed E-state index contributed by atoms with van der Waals surface area (Å²) in [7, 11) is 3.25. The molecule has 0 saturated carbocycles. The van der Waals surface area contributed by atoms with E-state index in [9.17, 15) is 4.79 Å². The van der Waals surface area contributed by atoms with Crippen LogP contribution in [0.5, 0.6) is 0 Å². The van der Waals surface area contributed by atoms with Crippen molar-refractivity contribution in [3.05, 3.63) is 35.5 Å². The summed E-state index contributed by atoms with van der Waals surface area (Å²) in [5, 5.41) is 1.20. The Bertz CT molecular complexity index is 649. The van der Waals surface area contributed by atoms with E-state index in [1.807, 2.05) is 19.9 Å². The Morgan fingerprint density at radius 2 is 1.96 bits per heavy atom. The van der Waals surface area contributed by atoms with Gasteiger partial charge >= 0.3 is 0 Å². The van der Waals surface area contributed by atoms with Gasteiger partial charge in [0.1, 0.15) is 0 Å². The fraction of sp³-hybridized carbons (Fsp3) is 0.526. The van der Waals surface area contributed by atoms with E-state index in [-0.39, 0.29) is 11.8 Å². The summed E-state index contributed by atoms with van der Waals surface area (Å²) < 4.78 is 6.58. The van der Waals surface area contributed by atoms with Crippen LogP contribution in [0.3, 0.4) is 0 Å². The van der Waals surface area contributed by atoms with Gasteiger partial charge in [0.05, 0.1) is 5.92 Å². The number of amides is 1. The van der Waals surface area contributed by atoms with Crippen LogP contribution in [0, 0.1) is 0 Å². The molecule has 0 aliphatic heterocycles. The van der Waals surface area contributed by atoms with Gasteiger partial charge in [-0.3, -0.25) is 10.2 Å². The van der Waals surface area contributed by atoms with Gasteiger partial charge in [-0.05, 0) is 37.8 Å². The highest BCUT2D eigenvalue weighted by Crippen LogP contribution is 2.39. The van der Waals surface area contributed by atoms with Gasteiger partial charge in [0.25, 0.3) is 0 Å². The van der Waals surface area contributed by atoms with Crippen molar-refractivity contribution in [1.82, 2.24) is 9.99 Å². The molecule has 1 atom stereocenters. The number of methoxy groups -OCH3 is 1. The molecule has 0 fully saturated rings. The number of nitrogens with two attached hydrogens (primary N) is 1. The highest BCUT2D eigenvalue weighted by molar-refractivity contribution is 5.93. The summed E-state index contributed by atoms with van der Waals surface area (Å²) in [6.07, 6.45) is 2.97. The minimum atomic E-state index is -0.105. The Morgan fingerprint density at radius 3 is 2.54 bits per heavy atom. The summed E-state index contributed by atoms with van der Waals surface area (Å²) in [5.74, 6) is 5.16. The maximum atomic E-state index is 12.0. The first-order valence-electron chi connectivity index (χ1n) is 8.70. The first-order chi connectivity index (χ1) is 11.7. The Kier molecular flexibility index (Phi) is 8.50. The molecule has 1 unspecified atom stereocenters. The molecule has 5 heteroatoms. The molecule has 1 aliphatic rings. The smallest absolute Gasteiger partial charge is 0.241 e. The normalized spacial score (nSPS) is 15.5. The number of carbonyl (C=O) groups is 1. The molecule has 2 aromatic rings. The molecule has 5 nitrogen and oxygen atoms in total. The summed E-state index contributed by atoms with van der Waals surface area (Å²) in [6, 6.07) is 8.34. The van der Waals surface area contributed by atoms with Crippen LogP contribution in [0.25, 0.3) is 10.9 Å². The van der Waals surface area contributed by atoms with Crippen molar-refractivity contribution >= 4 is 16.8 Å².